The highest BCUT2D eigenvalue weighted by atomic mass is 16.6. The number of methoxy groups -OCH3 is 2. The maximum absolute atomic E-state index is 13.5. The van der Waals surface area contributed by atoms with E-state index in [0.717, 1.165) is 43.7 Å². The summed E-state index contributed by atoms with van der Waals surface area (Å²) in [5.41, 5.74) is 1.25. The molecule has 2 aromatic carbocycles. The minimum absolute atomic E-state index is 0.307. The summed E-state index contributed by atoms with van der Waals surface area (Å²) in [5.74, 6) is 3.09. The fourth-order valence-corrected chi connectivity index (χ4v) is 5.15. The zero-order valence-electron chi connectivity index (χ0n) is 26.6. The molecular formula is C34H47N5O5. The average Bonchev–Trinajstić information content (AvgIpc) is 3.04. The lowest BCUT2D eigenvalue weighted by Crippen LogP contribution is -2.31. The normalized spacial score (nSPS) is 13.4. The van der Waals surface area contributed by atoms with Crippen molar-refractivity contribution >= 4 is 29.2 Å². The van der Waals surface area contributed by atoms with Gasteiger partial charge in [0.15, 0.2) is 0 Å². The number of nitrogens with zero attached hydrogens (tertiary/aromatic N) is 4. The number of amides is 1. The molecule has 0 unspecified atom stereocenters. The molecule has 0 aliphatic carbocycles. The summed E-state index contributed by atoms with van der Waals surface area (Å²) in [4.78, 5) is 26.5. The Hall–Kier alpha value is -4.05. The third kappa shape index (κ3) is 10.0. The van der Waals surface area contributed by atoms with Crippen molar-refractivity contribution in [3.63, 3.8) is 0 Å². The zero-order valence-corrected chi connectivity index (χ0v) is 26.6. The fraction of sp³-hybridized carbons (Fsp3) is 0.500. The van der Waals surface area contributed by atoms with Crippen molar-refractivity contribution in [2.24, 2.45) is 5.92 Å². The molecule has 0 saturated carbocycles. The van der Waals surface area contributed by atoms with Crippen molar-refractivity contribution in [2.75, 3.05) is 57.3 Å². The third-order valence-electron chi connectivity index (χ3n) is 7.51. The van der Waals surface area contributed by atoms with Crippen LogP contribution in [0.5, 0.6) is 17.2 Å². The van der Waals surface area contributed by atoms with Gasteiger partial charge in [0.2, 0.25) is 5.95 Å². The fourth-order valence-electron chi connectivity index (χ4n) is 5.15. The number of unbranched alkanes of at least 4 members (excludes halogenated alkanes) is 1. The summed E-state index contributed by atoms with van der Waals surface area (Å²) in [6.45, 7) is 8.78. The van der Waals surface area contributed by atoms with Crippen LogP contribution in [-0.2, 0) is 4.74 Å². The van der Waals surface area contributed by atoms with E-state index in [2.05, 4.69) is 34.0 Å². The maximum Gasteiger partial charge on any atom is 0.420 e. The predicted octanol–water partition coefficient (Wildman–Crippen LogP) is 7.59. The van der Waals surface area contributed by atoms with E-state index in [1.807, 2.05) is 24.3 Å². The van der Waals surface area contributed by atoms with Crippen LogP contribution in [0, 0.1) is 5.92 Å². The average molecular weight is 606 g/mol. The van der Waals surface area contributed by atoms with Crippen LogP contribution in [0.4, 0.5) is 27.9 Å². The first kappa shape index (κ1) is 32.9. The van der Waals surface area contributed by atoms with Gasteiger partial charge >= 0.3 is 6.09 Å². The minimum atomic E-state index is -0.553. The number of hydrogen-bond acceptors (Lipinski definition) is 9. The second-order valence-corrected chi connectivity index (χ2v) is 11.4. The van der Waals surface area contributed by atoms with Crippen molar-refractivity contribution in [3.05, 3.63) is 54.7 Å². The van der Waals surface area contributed by atoms with Crippen LogP contribution >= 0.6 is 0 Å². The molecule has 10 nitrogen and oxygen atoms in total. The molecule has 1 aromatic heterocycles. The first-order chi connectivity index (χ1) is 21.5. The quantitative estimate of drug-likeness (QED) is 0.166. The Morgan fingerprint density at radius 3 is 2.57 bits per heavy atom. The lowest BCUT2D eigenvalue weighted by atomic mass is 10.1. The molecule has 2 heterocycles. The van der Waals surface area contributed by atoms with E-state index in [9.17, 15) is 4.79 Å². The first-order valence-corrected chi connectivity index (χ1v) is 15.7. The van der Waals surface area contributed by atoms with Crippen LogP contribution in [0.3, 0.4) is 0 Å². The van der Waals surface area contributed by atoms with Crippen molar-refractivity contribution < 1.29 is 23.7 Å². The van der Waals surface area contributed by atoms with Gasteiger partial charge in [0.25, 0.3) is 0 Å². The molecule has 1 saturated heterocycles. The summed E-state index contributed by atoms with van der Waals surface area (Å²) in [6, 6.07) is 14.6. The number of likely N-dealkylation sites (tertiary alicyclic amines) is 1. The number of carbonyl (C=O) groups excluding carboxylic acids is 1. The second-order valence-electron chi connectivity index (χ2n) is 11.4. The number of piperidine rings is 1. The van der Waals surface area contributed by atoms with Crippen LogP contribution in [0.2, 0.25) is 0 Å². The largest absolute Gasteiger partial charge is 0.497 e. The zero-order chi connectivity index (χ0) is 31.1. The van der Waals surface area contributed by atoms with Gasteiger partial charge in [0, 0.05) is 36.6 Å². The Morgan fingerprint density at radius 2 is 1.80 bits per heavy atom. The molecule has 1 N–H and O–H groups in total. The van der Waals surface area contributed by atoms with E-state index in [0.29, 0.717) is 48.1 Å². The van der Waals surface area contributed by atoms with Gasteiger partial charge in [-0.15, -0.1) is 0 Å². The number of ether oxygens (including phenoxy) is 4. The molecular weight excluding hydrogens is 558 g/mol. The number of nitrogens with one attached hydrogen (secondary N) is 1. The SMILES string of the molecule is COc1ccc(N(C(=O)OCCCCC(C)C)c2ccnc(Nc3cccc(OCCCN4CCCCC4)c3)n2)c(OC)c1. The summed E-state index contributed by atoms with van der Waals surface area (Å²) in [5, 5.41) is 3.25. The van der Waals surface area contributed by atoms with Crippen molar-refractivity contribution in [3.8, 4) is 17.2 Å². The number of carbonyl (C=O) groups is 1. The molecule has 1 aliphatic rings. The van der Waals surface area contributed by atoms with Gasteiger partial charge in [-0.2, -0.15) is 4.98 Å². The molecule has 4 rings (SSSR count). The molecule has 3 aromatic rings. The molecule has 1 amide bonds. The Kier molecular flexibility index (Phi) is 12.9. The summed E-state index contributed by atoms with van der Waals surface area (Å²) in [6.07, 6.45) is 8.82. The number of benzene rings is 2. The van der Waals surface area contributed by atoms with E-state index in [1.54, 1.807) is 44.7 Å². The Morgan fingerprint density at radius 1 is 0.955 bits per heavy atom. The van der Waals surface area contributed by atoms with Crippen LogP contribution in [0.25, 0.3) is 0 Å². The monoisotopic (exact) mass is 605 g/mol. The first-order valence-electron chi connectivity index (χ1n) is 15.7. The smallest absolute Gasteiger partial charge is 0.420 e. The van der Waals surface area contributed by atoms with Crippen LogP contribution in [-0.4, -0.2) is 68.0 Å². The van der Waals surface area contributed by atoms with E-state index < -0.39 is 6.09 Å². The summed E-state index contributed by atoms with van der Waals surface area (Å²) >= 11 is 0. The van der Waals surface area contributed by atoms with Crippen molar-refractivity contribution in [1.29, 1.82) is 0 Å². The Bertz CT molecular complexity index is 1310. The summed E-state index contributed by atoms with van der Waals surface area (Å²) < 4.78 is 22.7. The van der Waals surface area contributed by atoms with Gasteiger partial charge in [-0.05, 0) is 75.4 Å². The number of aromatic nitrogens is 2. The topological polar surface area (TPSA) is 98.3 Å². The molecule has 1 fully saturated rings. The molecule has 10 heteroatoms. The van der Waals surface area contributed by atoms with Gasteiger partial charge in [0.05, 0.1) is 33.1 Å². The molecule has 0 radical (unpaired) electrons. The van der Waals surface area contributed by atoms with Gasteiger partial charge in [-0.1, -0.05) is 32.8 Å². The Balaban J connectivity index is 1.46. The van der Waals surface area contributed by atoms with E-state index in [4.69, 9.17) is 18.9 Å². The highest BCUT2D eigenvalue weighted by Crippen LogP contribution is 2.37. The van der Waals surface area contributed by atoms with Gasteiger partial charge < -0.3 is 29.2 Å². The molecule has 44 heavy (non-hydrogen) atoms. The lowest BCUT2D eigenvalue weighted by molar-refractivity contribution is 0.153. The molecule has 0 atom stereocenters. The van der Waals surface area contributed by atoms with Crippen molar-refractivity contribution in [1.82, 2.24) is 14.9 Å². The third-order valence-corrected chi connectivity index (χ3v) is 7.51. The maximum atomic E-state index is 13.5. The Labute approximate surface area is 261 Å². The molecule has 1 aliphatic heterocycles. The van der Waals surface area contributed by atoms with Crippen LogP contribution < -0.4 is 24.4 Å². The van der Waals surface area contributed by atoms with Gasteiger partial charge in [0.1, 0.15) is 23.1 Å². The van der Waals surface area contributed by atoms with E-state index in [-0.39, 0.29) is 0 Å². The predicted molar refractivity (Wildman–Crippen MR) is 174 cm³/mol. The number of anilines is 4. The second kappa shape index (κ2) is 17.3. The van der Waals surface area contributed by atoms with Crippen molar-refractivity contribution in [2.45, 2.75) is 58.8 Å². The van der Waals surface area contributed by atoms with E-state index in [1.165, 1.54) is 37.3 Å². The van der Waals surface area contributed by atoms with Crippen LogP contribution in [0.15, 0.2) is 54.7 Å². The minimum Gasteiger partial charge on any atom is -0.497 e. The molecule has 238 valence electrons. The number of hydrogen-bond donors (Lipinski definition) is 1. The summed E-state index contributed by atoms with van der Waals surface area (Å²) in [7, 11) is 3.12. The van der Waals surface area contributed by atoms with Gasteiger partial charge in [-0.25, -0.2) is 14.7 Å². The highest BCUT2D eigenvalue weighted by Gasteiger charge is 2.25. The standard InChI is InChI=1S/C34H47N5O5/c1-26(2)12-6-9-22-44-34(40)39(30-16-15-28(41-3)25-31(30)42-4)32-17-18-35-33(37-32)36-27-13-10-14-29(24-27)43-23-11-21-38-19-7-5-8-20-38/h10,13-18,24-26H,5-9,11-12,19-23H2,1-4H3,(H,35,36,37). The molecule has 0 bridgehead atoms. The molecule has 0 spiro atoms. The lowest BCUT2D eigenvalue weighted by Gasteiger charge is -2.26. The van der Waals surface area contributed by atoms with Crippen LogP contribution in [0.1, 0.15) is 58.8 Å². The highest BCUT2D eigenvalue weighted by molar-refractivity contribution is 5.97. The number of rotatable bonds is 16. The van der Waals surface area contributed by atoms with E-state index >= 15 is 0 Å². The van der Waals surface area contributed by atoms with Gasteiger partial charge in [-0.3, -0.25) is 0 Å².